The van der Waals surface area contributed by atoms with Gasteiger partial charge in [0.05, 0.1) is 23.0 Å². The number of aromatic nitrogens is 4. The third kappa shape index (κ3) is 3.63. The van der Waals surface area contributed by atoms with Crippen LogP contribution in [0.4, 0.5) is 8.78 Å². The van der Waals surface area contributed by atoms with Gasteiger partial charge in [0.25, 0.3) is 5.91 Å². The maximum absolute atomic E-state index is 14.0. The maximum Gasteiger partial charge on any atom is 0.256 e. The molecule has 5 rings (SSSR count). The summed E-state index contributed by atoms with van der Waals surface area (Å²) < 4.78 is 29.7. The van der Waals surface area contributed by atoms with Crippen LogP contribution in [0.3, 0.4) is 0 Å². The Labute approximate surface area is 196 Å². The van der Waals surface area contributed by atoms with Crippen molar-refractivity contribution in [1.29, 1.82) is 0 Å². The Bertz CT molecular complexity index is 1380. The Morgan fingerprint density at radius 3 is 2.56 bits per heavy atom. The lowest BCUT2D eigenvalue weighted by atomic mass is 9.87. The topological polar surface area (TPSA) is 63.9 Å². The number of halogens is 2. The van der Waals surface area contributed by atoms with Gasteiger partial charge in [0, 0.05) is 48.1 Å². The minimum absolute atomic E-state index is 0.0871. The number of carbonyl (C=O) groups is 1. The van der Waals surface area contributed by atoms with Crippen molar-refractivity contribution >= 4 is 16.9 Å². The molecule has 34 heavy (non-hydrogen) atoms. The molecular weight excluding hydrogens is 436 g/mol. The molecule has 0 saturated carbocycles. The fourth-order valence-corrected chi connectivity index (χ4v) is 5.10. The summed E-state index contributed by atoms with van der Waals surface area (Å²) in [6.07, 6.45) is 5.19. The van der Waals surface area contributed by atoms with Gasteiger partial charge in [-0.2, -0.15) is 5.10 Å². The highest BCUT2D eigenvalue weighted by Gasteiger charge is 2.40. The van der Waals surface area contributed by atoms with E-state index in [0.29, 0.717) is 35.3 Å². The number of hydrogen-bond acceptors (Lipinski definition) is 4. The molecule has 1 amide bonds. The second kappa shape index (κ2) is 8.59. The van der Waals surface area contributed by atoms with Crippen molar-refractivity contribution < 1.29 is 13.6 Å². The third-order valence-electron chi connectivity index (χ3n) is 6.59. The number of nitrogens with zero attached hydrogens (tertiary/aromatic N) is 5. The first-order valence-corrected chi connectivity index (χ1v) is 11.5. The maximum atomic E-state index is 14.0. The average molecular weight is 462 g/mol. The largest absolute Gasteiger partial charge is 0.327 e. The number of fused-ring (bicyclic) bond motifs is 2. The minimum atomic E-state index is -0.630. The second-order valence-electron chi connectivity index (χ2n) is 8.67. The van der Waals surface area contributed by atoms with Crippen molar-refractivity contribution in [3.63, 3.8) is 0 Å². The number of benzene rings is 1. The van der Waals surface area contributed by atoms with Crippen molar-refractivity contribution in [3.05, 3.63) is 77.2 Å². The van der Waals surface area contributed by atoms with Gasteiger partial charge in [-0.05, 0) is 49.6 Å². The highest BCUT2D eigenvalue weighted by molar-refractivity contribution is 5.97. The fraction of sp³-hybridized carbons (Fsp3) is 0.308. The van der Waals surface area contributed by atoms with Crippen LogP contribution in [-0.2, 0) is 13.5 Å². The van der Waals surface area contributed by atoms with Crippen LogP contribution in [0.5, 0.6) is 0 Å². The highest BCUT2D eigenvalue weighted by Crippen LogP contribution is 2.41. The molecule has 0 fully saturated rings. The van der Waals surface area contributed by atoms with E-state index < -0.39 is 11.6 Å². The smallest absolute Gasteiger partial charge is 0.256 e. The molecule has 6 nitrogen and oxygen atoms in total. The molecule has 4 aromatic rings. The fourth-order valence-electron chi connectivity index (χ4n) is 5.10. The summed E-state index contributed by atoms with van der Waals surface area (Å²) in [5.74, 6) is -1.36. The molecule has 1 aromatic carbocycles. The van der Waals surface area contributed by atoms with Gasteiger partial charge in [-0.15, -0.1) is 0 Å². The first kappa shape index (κ1) is 22.1. The van der Waals surface area contributed by atoms with Crippen LogP contribution in [0.1, 0.15) is 54.3 Å². The van der Waals surface area contributed by atoms with Gasteiger partial charge >= 0.3 is 0 Å². The van der Waals surface area contributed by atoms with Crippen LogP contribution < -0.4 is 0 Å². The molecule has 2 unspecified atom stereocenters. The Hall–Kier alpha value is -3.68. The lowest BCUT2D eigenvalue weighted by molar-refractivity contribution is 0.0512. The normalized spacial score (nSPS) is 17.7. The minimum Gasteiger partial charge on any atom is -0.327 e. The third-order valence-corrected chi connectivity index (χ3v) is 6.59. The number of hydrogen-bond donors (Lipinski definition) is 0. The van der Waals surface area contributed by atoms with E-state index >= 15 is 0 Å². The van der Waals surface area contributed by atoms with Crippen LogP contribution in [-0.4, -0.2) is 36.6 Å². The van der Waals surface area contributed by atoms with Crippen LogP contribution in [0.25, 0.3) is 22.3 Å². The molecule has 1 aliphatic rings. The molecule has 0 spiro atoms. The van der Waals surface area contributed by atoms with Crippen molar-refractivity contribution in [3.8, 4) is 11.3 Å². The average Bonchev–Trinajstić information content (AvgIpc) is 3.16. The summed E-state index contributed by atoms with van der Waals surface area (Å²) in [5, 5.41) is 5.54. The number of carbonyl (C=O) groups excluding carboxylic acids is 1. The van der Waals surface area contributed by atoms with Crippen LogP contribution in [0.2, 0.25) is 0 Å². The molecular formula is C26H25F2N5O. The second-order valence-corrected chi connectivity index (χ2v) is 8.67. The van der Waals surface area contributed by atoms with E-state index in [1.807, 2.05) is 36.9 Å². The summed E-state index contributed by atoms with van der Waals surface area (Å²) >= 11 is 0. The van der Waals surface area contributed by atoms with Gasteiger partial charge < -0.3 is 4.90 Å². The number of aryl methyl sites for hydroxylation is 1. The van der Waals surface area contributed by atoms with E-state index in [1.54, 1.807) is 24.1 Å². The molecule has 4 heterocycles. The van der Waals surface area contributed by atoms with Crippen LogP contribution in [0.15, 0.2) is 48.8 Å². The molecule has 0 radical (unpaired) electrons. The van der Waals surface area contributed by atoms with Crippen molar-refractivity contribution in [2.24, 2.45) is 7.05 Å². The first-order chi connectivity index (χ1) is 16.4. The van der Waals surface area contributed by atoms with Gasteiger partial charge in [-0.1, -0.05) is 13.8 Å². The number of rotatable bonds is 4. The Kier molecular flexibility index (Phi) is 5.59. The van der Waals surface area contributed by atoms with Gasteiger partial charge in [0.2, 0.25) is 0 Å². The molecule has 1 aliphatic heterocycles. The van der Waals surface area contributed by atoms with Crippen molar-refractivity contribution in [1.82, 2.24) is 24.6 Å². The predicted octanol–water partition coefficient (Wildman–Crippen LogP) is 5.24. The molecule has 174 valence electrons. The summed E-state index contributed by atoms with van der Waals surface area (Å²) in [4.78, 5) is 24.3. The Morgan fingerprint density at radius 2 is 1.85 bits per heavy atom. The molecule has 0 bridgehead atoms. The van der Waals surface area contributed by atoms with E-state index in [4.69, 9.17) is 5.10 Å². The Morgan fingerprint density at radius 1 is 1.09 bits per heavy atom. The quantitative estimate of drug-likeness (QED) is 0.417. The molecule has 8 heteroatoms. The van der Waals surface area contributed by atoms with Gasteiger partial charge in [-0.25, -0.2) is 18.7 Å². The standard InChI is InChI=1S/C26H25F2N5O/c1-4-20-13-21-23(31-32(3)24(21)16-10-18(27)12-19(28)11-16)22(5-2)33(20)26(34)17-9-15-7-6-8-29-25(15)30-14-17/h6-12,14,20,22H,4-5,13H2,1-3H3. The van der Waals surface area contributed by atoms with Crippen LogP contribution in [0, 0.1) is 11.6 Å². The van der Waals surface area contributed by atoms with E-state index in [-0.39, 0.29) is 18.0 Å². The van der Waals surface area contributed by atoms with Crippen LogP contribution >= 0.6 is 0 Å². The van der Waals surface area contributed by atoms with Gasteiger partial charge in [0.15, 0.2) is 5.65 Å². The molecule has 3 aromatic heterocycles. The van der Waals surface area contributed by atoms with E-state index in [1.165, 1.54) is 12.1 Å². The lowest BCUT2D eigenvalue weighted by Crippen LogP contribution is -2.47. The zero-order chi connectivity index (χ0) is 24.0. The summed E-state index contributed by atoms with van der Waals surface area (Å²) in [6.45, 7) is 4.06. The zero-order valence-electron chi connectivity index (χ0n) is 19.3. The van der Waals surface area contributed by atoms with Gasteiger partial charge in [-0.3, -0.25) is 9.48 Å². The van der Waals surface area contributed by atoms with E-state index in [2.05, 4.69) is 9.97 Å². The molecule has 2 atom stereocenters. The SMILES string of the molecule is CCC1Cc2c(nn(C)c2-c2cc(F)cc(F)c2)C(CC)N1C(=O)c1cnc2ncccc2c1. The summed E-state index contributed by atoms with van der Waals surface area (Å²) in [7, 11) is 1.77. The van der Waals surface area contributed by atoms with Crippen molar-refractivity contribution in [2.45, 2.75) is 45.2 Å². The molecule has 0 aliphatic carbocycles. The highest BCUT2D eigenvalue weighted by atomic mass is 19.1. The Balaban J connectivity index is 1.60. The van der Waals surface area contributed by atoms with E-state index in [0.717, 1.165) is 29.1 Å². The number of pyridine rings is 2. The zero-order valence-corrected chi connectivity index (χ0v) is 19.3. The molecule has 0 saturated heterocycles. The van der Waals surface area contributed by atoms with Gasteiger partial charge in [0.1, 0.15) is 11.6 Å². The molecule has 0 N–H and O–H groups in total. The summed E-state index contributed by atoms with van der Waals surface area (Å²) in [6, 6.07) is 8.71. The first-order valence-electron chi connectivity index (χ1n) is 11.5. The summed E-state index contributed by atoms with van der Waals surface area (Å²) in [5.41, 5.74) is 3.95. The lowest BCUT2D eigenvalue weighted by Gasteiger charge is -2.41. The van der Waals surface area contributed by atoms with E-state index in [9.17, 15) is 13.6 Å². The number of amides is 1. The monoisotopic (exact) mass is 461 g/mol. The predicted molar refractivity (Wildman–Crippen MR) is 125 cm³/mol. The van der Waals surface area contributed by atoms with Crippen molar-refractivity contribution in [2.75, 3.05) is 0 Å².